The zero-order valence-corrected chi connectivity index (χ0v) is 26.9. The lowest BCUT2D eigenvalue weighted by Gasteiger charge is -2.26. The monoisotopic (exact) mass is 649 g/mol. The Hall–Kier alpha value is -2.80. The number of nitrogens with one attached hydrogen (secondary N) is 3. The molecule has 3 amide bonds. The van der Waals surface area contributed by atoms with E-state index in [0.717, 1.165) is 5.56 Å². The molecule has 1 aromatic carbocycles. The van der Waals surface area contributed by atoms with Gasteiger partial charge in [-0.2, -0.15) is 5.10 Å². The molecule has 17 heteroatoms. The number of nitrogens with zero attached hydrogens (tertiary/aromatic N) is 2. The van der Waals surface area contributed by atoms with Crippen LogP contribution in [0.15, 0.2) is 35.4 Å². The Morgan fingerprint density at radius 3 is 2.14 bits per heavy atom. The SMILES string of the molecule is CC[C@H](C)[C@H](NC(=O)OCc1ccccc1)C(=O)N[C@@H](/C=N/N(C)CCCC(=O)NC(P(=O)(O)O)P(=O)(O)O)CC(C)C. The first-order valence-electron chi connectivity index (χ1n) is 13.9. The number of rotatable bonds is 18. The maximum atomic E-state index is 13.3. The summed E-state index contributed by atoms with van der Waals surface area (Å²) in [6.07, 6.45) is 1.88. The van der Waals surface area contributed by atoms with E-state index in [1.165, 1.54) is 11.2 Å². The molecule has 0 heterocycles. The number of alkyl carbamates (subject to hydrolysis) is 1. The van der Waals surface area contributed by atoms with Crippen LogP contribution in [0.25, 0.3) is 0 Å². The molecule has 0 saturated heterocycles. The first-order valence-corrected chi connectivity index (χ1v) is 17.2. The number of hydrazone groups is 1. The molecule has 1 aromatic rings. The third-order valence-electron chi connectivity index (χ3n) is 6.29. The molecule has 0 aliphatic carbocycles. The van der Waals surface area contributed by atoms with E-state index in [9.17, 15) is 23.5 Å². The maximum absolute atomic E-state index is 13.3. The second-order valence-corrected chi connectivity index (χ2v) is 14.5. The molecule has 0 unspecified atom stereocenters. The number of hydrogen-bond acceptors (Lipinski definition) is 8. The first kappa shape index (κ1) is 38.2. The maximum Gasteiger partial charge on any atom is 0.408 e. The van der Waals surface area contributed by atoms with Crippen molar-refractivity contribution in [3.8, 4) is 0 Å². The van der Waals surface area contributed by atoms with Crippen LogP contribution in [0.3, 0.4) is 0 Å². The van der Waals surface area contributed by atoms with Crippen LogP contribution in [0.5, 0.6) is 0 Å². The van der Waals surface area contributed by atoms with Crippen molar-refractivity contribution in [2.45, 2.75) is 77.6 Å². The normalized spacial score (nSPS) is 14.3. The van der Waals surface area contributed by atoms with Gasteiger partial charge >= 0.3 is 21.3 Å². The van der Waals surface area contributed by atoms with Crippen LogP contribution in [0.2, 0.25) is 0 Å². The average Bonchev–Trinajstić information content (AvgIpc) is 2.90. The number of hydrogen-bond donors (Lipinski definition) is 7. The number of amides is 3. The van der Waals surface area contributed by atoms with Crippen molar-refractivity contribution in [2.24, 2.45) is 16.9 Å². The number of ether oxygens (including phenoxy) is 1. The third kappa shape index (κ3) is 15.5. The Kier molecular flexibility index (Phi) is 16.1. The van der Waals surface area contributed by atoms with E-state index in [1.807, 2.05) is 58.0 Å². The van der Waals surface area contributed by atoms with E-state index in [1.54, 1.807) is 12.4 Å². The van der Waals surface area contributed by atoms with Crippen LogP contribution < -0.4 is 16.0 Å². The van der Waals surface area contributed by atoms with Gasteiger partial charge in [-0.05, 0) is 30.2 Å². The molecular formula is C26H45N5O10P2. The molecule has 1 rings (SSSR count). The Morgan fingerprint density at radius 1 is 1.00 bits per heavy atom. The lowest BCUT2D eigenvalue weighted by Crippen LogP contribution is -2.53. The standard InChI is InChI=1S/C26H45N5O10P2/c1-6-19(4)23(30-25(34)41-17-20-11-8-7-9-12-20)24(33)28-21(15-18(2)3)16-27-31(5)14-10-13-22(32)29-26(42(35,36)37)43(38,39)40/h7-9,11-12,16,18-19,21,23,26H,6,10,13-15,17H2,1-5H3,(H,28,33)(H,29,32)(H,30,34)(H2,35,36,37)(H2,38,39,40)/b27-16+/t19-,21+,23-/m0/s1. The van der Waals surface area contributed by atoms with Gasteiger partial charge in [0.2, 0.25) is 17.3 Å². The van der Waals surface area contributed by atoms with Crippen molar-refractivity contribution >= 4 is 39.3 Å². The summed E-state index contributed by atoms with van der Waals surface area (Å²) in [6, 6.07) is 7.82. The zero-order valence-electron chi connectivity index (χ0n) is 25.1. The molecule has 3 atom stereocenters. The molecule has 0 fully saturated rings. The van der Waals surface area contributed by atoms with Crippen LogP contribution in [-0.2, 0) is 30.1 Å². The van der Waals surface area contributed by atoms with Gasteiger partial charge in [0.15, 0.2) is 0 Å². The fourth-order valence-electron chi connectivity index (χ4n) is 3.83. The van der Waals surface area contributed by atoms with Crippen LogP contribution in [-0.4, -0.2) is 79.9 Å². The third-order valence-corrected chi connectivity index (χ3v) is 9.63. The van der Waals surface area contributed by atoms with E-state index in [0.29, 0.717) is 12.8 Å². The summed E-state index contributed by atoms with van der Waals surface area (Å²) in [4.78, 5) is 74.3. The number of carbonyl (C=O) groups excluding carboxylic acids is 3. The van der Waals surface area contributed by atoms with Gasteiger partial charge in [0.25, 0.3) is 0 Å². The molecule has 43 heavy (non-hydrogen) atoms. The molecule has 7 N–H and O–H groups in total. The van der Waals surface area contributed by atoms with Crippen LogP contribution >= 0.6 is 15.2 Å². The van der Waals surface area contributed by atoms with Crippen molar-refractivity contribution in [3.63, 3.8) is 0 Å². The highest BCUT2D eigenvalue weighted by Crippen LogP contribution is 2.58. The van der Waals surface area contributed by atoms with E-state index in [4.69, 9.17) is 24.3 Å². The van der Waals surface area contributed by atoms with Gasteiger partial charge in [0, 0.05) is 26.2 Å². The van der Waals surface area contributed by atoms with Crippen LogP contribution in [0.1, 0.15) is 58.9 Å². The highest BCUT2D eigenvalue weighted by atomic mass is 31.2. The predicted molar refractivity (Wildman–Crippen MR) is 161 cm³/mol. The van der Waals surface area contributed by atoms with Crippen molar-refractivity contribution in [2.75, 3.05) is 13.6 Å². The summed E-state index contributed by atoms with van der Waals surface area (Å²) >= 11 is 0. The summed E-state index contributed by atoms with van der Waals surface area (Å²) in [7, 11) is -8.95. The summed E-state index contributed by atoms with van der Waals surface area (Å²) in [5, 5.41) is 13.1. The topological polar surface area (TPSA) is 227 Å². The van der Waals surface area contributed by atoms with Gasteiger partial charge in [-0.3, -0.25) is 18.7 Å². The molecule has 0 aliphatic heterocycles. The fourth-order valence-corrected chi connectivity index (χ4v) is 6.02. The van der Waals surface area contributed by atoms with Gasteiger partial charge < -0.3 is 45.3 Å². The number of benzene rings is 1. The van der Waals surface area contributed by atoms with Gasteiger partial charge in [-0.25, -0.2) is 4.79 Å². The fraction of sp³-hybridized carbons (Fsp3) is 0.615. The quantitative estimate of drug-likeness (QED) is 0.0693. The molecule has 0 radical (unpaired) electrons. The van der Waals surface area contributed by atoms with E-state index >= 15 is 0 Å². The predicted octanol–water partition coefficient (Wildman–Crippen LogP) is 2.31. The van der Waals surface area contributed by atoms with E-state index in [-0.39, 0.29) is 37.8 Å². The van der Waals surface area contributed by atoms with E-state index < -0.39 is 50.7 Å². The first-order chi connectivity index (χ1) is 19.9. The molecule has 0 saturated carbocycles. The minimum absolute atomic E-state index is 0.0616. The Labute approximate surface area is 252 Å². The Balaban J connectivity index is 2.75. The second kappa shape index (κ2) is 18.1. The summed E-state index contributed by atoms with van der Waals surface area (Å²) < 4.78 is 28.0. The Bertz CT molecular complexity index is 1140. The van der Waals surface area contributed by atoms with Gasteiger partial charge in [-0.15, -0.1) is 0 Å². The van der Waals surface area contributed by atoms with Crippen molar-refractivity contribution in [3.05, 3.63) is 35.9 Å². The van der Waals surface area contributed by atoms with Crippen molar-refractivity contribution < 1.29 is 47.8 Å². The van der Waals surface area contributed by atoms with Crippen molar-refractivity contribution in [1.29, 1.82) is 0 Å². The largest absolute Gasteiger partial charge is 0.445 e. The molecule has 244 valence electrons. The molecule has 0 aliphatic rings. The van der Waals surface area contributed by atoms with Crippen LogP contribution in [0.4, 0.5) is 4.79 Å². The van der Waals surface area contributed by atoms with E-state index in [2.05, 4.69) is 15.7 Å². The van der Waals surface area contributed by atoms with Gasteiger partial charge in [-0.1, -0.05) is 64.4 Å². The second-order valence-electron chi connectivity index (χ2n) is 10.7. The lowest BCUT2D eigenvalue weighted by atomic mass is 9.97. The lowest BCUT2D eigenvalue weighted by molar-refractivity contribution is -0.124. The van der Waals surface area contributed by atoms with Gasteiger partial charge in [0.1, 0.15) is 12.6 Å². The molecule has 15 nitrogen and oxygen atoms in total. The van der Waals surface area contributed by atoms with Gasteiger partial charge in [0.05, 0.1) is 6.04 Å². The highest BCUT2D eigenvalue weighted by Gasteiger charge is 2.44. The summed E-state index contributed by atoms with van der Waals surface area (Å²) in [5.41, 5.74) is -1.80. The molecular weight excluding hydrogens is 604 g/mol. The zero-order chi connectivity index (χ0) is 32.8. The highest BCUT2D eigenvalue weighted by molar-refractivity contribution is 7.70. The van der Waals surface area contributed by atoms with Crippen molar-refractivity contribution in [1.82, 2.24) is 21.0 Å². The molecule has 0 spiro atoms. The minimum atomic E-state index is -5.28. The summed E-state index contributed by atoms with van der Waals surface area (Å²) in [6.45, 7) is 7.98. The number of carbonyl (C=O) groups is 3. The summed E-state index contributed by atoms with van der Waals surface area (Å²) in [5.74, 6) is -1.34. The molecule has 0 aromatic heterocycles. The van der Waals surface area contributed by atoms with Crippen LogP contribution in [0, 0.1) is 11.8 Å². The minimum Gasteiger partial charge on any atom is -0.445 e. The average molecular weight is 650 g/mol. The Morgan fingerprint density at radius 2 is 1.60 bits per heavy atom. The molecule has 0 bridgehead atoms. The smallest absolute Gasteiger partial charge is 0.408 e.